The number of carboxylic acids is 2. The number of hydrogen-bond donors (Lipinski definition) is 6. The second-order valence-electron chi connectivity index (χ2n) is 37.6. The highest BCUT2D eigenvalue weighted by molar-refractivity contribution is 6.14. The Balaban J connectivity index is 1.22. The van der Waals surface area contributed by atoms with E-state index in [0.29, 0.717) is 62.7 Å². The topological polar surface area (TPSA) is 465 Å². The van der Waals surface area contributed by atoms with E-state index in [1.54, 1.807) is 154 Å². The molecule has 38 heteroatoms. The van der Waals surface area contributed by atoms with E-state index in [2.05, 4.69) is 21.3 Å². The Hall–Kier alpha value is -11.4. The zero-order valence-electron chi connectivity index (χ0n) is 83.3. The molecule has 2 fully saturated rings. The second kappa shape index (κ2) is 53.4. The Morgan fingerprint density at radius 3 is 1.00 bits per heavy atom. The smallest absolute Gasteiger partial charge is 0.326 e. The molecule has 4 aliphatic rings. The van der Waals surface area contributed by atoms with Gasteiger partial charge >= 0.3 is 11.9 Å². The molecular formula is C98H148N14O24. The Bertz CT molecular complexity index is 4230. The van der Waals surface area contributed by atoms with Crippen LogP contribution in [-0.2, 0) is 118 Å². The number of carbonyl (C=O) groups excluding carboxylic acids is 16. The summed E-state index contributed by atoms with van der Waals surface area (Å²) >= 11 is 0. The van der Waals surface area contributed by atoms with Crippen LogP contribution in [-0.4, -0.2) is 347 Å². The number of imide groups is 2. The molecular weight excluding hydrogens is 1760 g/mol. The molecule has 0 aromatic heterocycles. The lowest BCUT2D eigenvalue weighted by Gasteiger charge is -2.41. The number of benzene rings is 2. The first kappa shape index (κ1) is 113. The molecule has 0 radical (unpaired) electrons. The minimum atomic E-state index is -1.33. The number of hydrazine groups is 1. The van der Waals surface area contributed by atoms with Crippen LogP contribution in [0.25, 0.3) is 0 Å². The molecule has 6 N–H and O–H groups in total. The number of ether oxygens (including phenoxy) is 4. The van der Waals surface area contributed by atoms with Gasteiger partial charge in [0.2, 0.25) is 70.9 Å². The number of likely N-dealkylation sites (N-methyl/N-ethyl adjacent to an activating group) is 4. The average molecular weight is 1910 g/mol. The predicted molar refractivity (Wildman–Crippen MR) is 502 cm³/mol. The van der Waals surface area contributed by atoms with Crippen LogP contribution in [0.3, 0.4) is 0 Å². The lowest BCUT2D eigenvalue weighted by Crippen LogP contribution is -2.60. The number of amides is 16. The van der Waals surface area contributed by atoms with Crippen LogP contribution in [0.2, 0.25) is 0 Å². The van der Waals surface area contributed by atoms with Crippen molar-refractivity contribution in [1.82, 2.24) is 70.5 Å². The van der Waals surface area contributed by atoms with Crippen molar-refractivity contribution in [3.8, 4) is 0 Å². The summed E-state index contributed by atoms with van der Waals surface area (Å²) in [6, 6.07) is 7.26. The summed E-state index contributed by atoms with van der Waals surface area (Å²) in [5.41, 5.74) is 1.41. The number of carbonyl (C=O) groups is 18. The number of likely N-dealkylation sites (tertiary alicyclic amines) is 2. The fraction of sp³-hybridized carbons (Fsp3) is 0.653. The molecule has 38 nitrogen and oxygen atoms in total. The fourth-order valence-corrected chi connectivity index (χ4v) is 18.9. The molecule has 4 aliphatic heterocycles. The van der Waals surface area contributed by atoms with E-state index in [9.17, 15) is 58.2 Å². The second-order valence-corrected chi connectivity index (χ2v) is 37.6. The third-order valence-corrected chi connectivity index (χ3v) is 27.0. The molecule has 4 heterocycles. The van der Waals surface area contributed by atoms with Crippen LogP contribution in [0.4, 0.5) is 0 Å². The summed E-state index contributed by atoms with van der Waals surface area (Å²) in [5, 5.41) is 33.1. The molecule has 6 rings (SSSR count). The Labute approximate surface area is 799 Å². The van der Waals surface area contributed by atoms with Gasteiger partial charge in [0, 0.05) is 146 Å². The van der Waals surface area contributed by atoms with Crippen LogP contribution >= 0.6 is 0 Å². The summed E-state index contributed by atoms with van der Waals surface area (Å²) in [7, 11) is 11.5. The standard InChI is InChI=1S/C98H148N14O24/c1-23-61(11)87(71(133-19)55-81(121)107-47-31-37-69(107)89(135-21)63(13)91(123)99-67(97(129)130)53-65-33-27-25-28-34-65)105(17)95(127)83(57(3)4)101-93(125)85(59(7)8)103(15)73(113)45-51-111(79(119)43-49-109-75(115)39-40-76(109)116)112(80(120)44-50-110-77(117)41-42-78(110)118)52-46-74(114)104(16)86(60(9)10)94(126)102-84(58(5)6)96(128)106(18)88(62(12)24-2)72(134-20)56-82(122)108-48-32-38-70(108)90(136-22)64(14)92(124)100-68(98(131)132)54-66-35-29-26-30-36-66/h25-30,33-36,39-42,57-64,67-72,83-90H,23-24,31-32,37-38,43-56H2,1-22H3,(H,99,123)(H,100,124)(H,101,125)(H,102,126)(H,129,130)(H,131,132)/t61?,62?,63-,64-,67+,68+,69+,70+,71?,72?,83+,84+,85+,86+,87+,88+,89-,90-/m1/s1. The average Bonchev–Trinajstić information content (AvgIpc) is 1.57. The van der Waals surface area contributed by atoms with Crippen molar-refractivity contribution in [2.24, 2.45) is 47.3 Å². The maximum absolute atomic E-state index is 15.3. The van der Waals surface area contributed by atoms with Gasteiger partial charge in [-0.3, -0.25) is 96.5 Å². The van der Waals surface area contributed by atoms with E-state index in [1.807, 2.05) is 27.7 Å². The van der Waals surface area contributed by atoms with Gasteiger partial charge in [-0.05, 0) is 72.3 Å². The molecule has 18 atom stereocenters. The first-order chi connectivity index (χ1) is 64.2. The minimum absolute atomic E-state index is 0.0311. The van der Waals surface area contributed by atoms with E-state index < -0.39 is 267 Å². The maximum atomic E-state index is 15.3. The molecule has 2 saturated heterocycles. The number of aliphatic carboxylic acids is 2. The number of rotatable bonds is 54. The number of nitrogens with zero attached hydrogens (tertiary/aromatic N) is 10. The highest BCUT2D eigenvalue weighted by atomic mass is 16.5. The lowest BCUT2D eigenvalue weighted by molar-refractivity contribution is -0.167. The molecule has 2 aromatic rings. The van der Waals surface area contributed by atoms with Crippen LogP contribution in [0, 0.1) is 47.3 Å². The molecule has 4 unspecified atom stereocenters. The third-order valence-electron chi connectivity index (χ3n) is 27.0. The number of nitrogens with one attached hydrogen (secondary N) is 4. The van der Waals surface area contributed by atoms with E-state index in [-0.39, 0.29) is 49.3 Å². The molecule has 16 amide bonds. The summed E-state index contributed by atoms with van der Waals surface area (Å²) in [5.74, 6) is -18.5. The van der Waals surface area contributed by atoms with Crippen molar-refractivity contribution in [1.29, 1.82) is 0 Å². The van der Waals surface area contributed by atoms with Gasteiger partial charge < -0.3 is 79.8 Å². The van der Waals surface area contributed by atoms with Crippen LogP contribution in [0.5, 0.6) is 0 Å². The van der Waals surface area contributed by atoms with Crippen molar-refractivity contribution in [3.05, 3.63) is 96.1 Å². The first-order valence-electron chi connectivity index (χ1n) is 47.4. The lowest BCUT2D eigenvalue weighted by atomic mass is 9.89. The Morgan fingerprint density at radius 1 is 0.412 bits per heavy atom. The summed E-state index contributed by atoms with van der Waals surface area (Å²) < 4.78 is 24.2. The zero-order chi connectivity index (χ0) is 102. The van der Waals surface area contributed by atoms with Crippen molar-refractivity contribution >= 4 is 106 Å². The van der Waals surface area contributed by atoms with Crippen molar-refractivity contribution in [2.45, 2.75) is 272 Å². The normalized spacial score (nSPS) is 18.5. The fourth-order valence-electron chi connectivity index (χ4n) is 18.9. The van der Waals surface area contributed by atoms with Crippen LogP contribution in [0.15, 0.2) is 85.0 Å². The van der Waals surface area contributed by atoms with Crippen LogP contribution in [0.1, 0.15) is 185 Å². The molecule has 2 aromatic carbocycles. The molecule has 754 valence electrons. The molecule has 0 bridgehead atoms. The van der Waals surface area contributed by atoms with Crippen molar-refractivity contribution in [2.75, 3.05) is 95.9 Å². The van der Waals surface area contributed by atoms with E-state index in [0.717, 1.165) is 53.9 Å². The molecule has 0 spiro atoms. The van der Waals surface area contributed by atoms with E-state index >= 15 is 38.4 Å². The Kier molecular flexibility index (Phi) is 44.5. The summed E-state index contributed by atoms with van der Waals surface area (Å²) in [6.45, 7) is 22.5. The number of hydrogen-bond acceptors (Lipinski definition) is 22. The first-order valence-corrected chi connectivity index (χ1v) is 47.4. The Morgan fingerprint density at radius 2 is 0.728 bits per heavy atom. The highest BCUT2D eigenvalue weighted by Gasteiger charge is 2.48. The van der Waals surface area contributed by atoms with Gasteiger partial charge in [-0.25, -0.2) is 9.59 Å². The number of carboxylic acid groups (broad SMARTS) is 2. The van der Waals surface area contributed by atoms with Gasteiger partial charge in [0.05, 0.1) is 86.4 Å². The largest absolute Gasteiger partial charge is 0.480 e. The molecule has 0 aliphatic carbocycles. The minimum Gasteiger partial charge on any atom is -0.480 e. The summed E-state index contributed by atoms with van der Waals surface area (Å²) in [4.78, 5) is 265. The van der Waals surface area contributed by atoms with Crippen LogP contribution < -0.4 is 21.3 Å². The molecule has 0 saturated carbocycles. The van der Waals surface area contributed by atoms with Gasteiger partial charge in [0.25, 0.3) is 23.6 Å². The van der Waals surface area contributed by atoms with Gasteiger partial charge in [-0.2, -0.15) is 0 Å². The highest BCUT2D eigenvalue weighted by Crippen LogP contribution is 2.34. The molecule has 136 heavy (non-hydrogen) atoms. The predicted octanol–water partition coefficient (Wildman–Crippen LogP) is 4.68. The van der Waals surface area contributed by atoms with Gasteiger partial charge in [0.15, 0.2) is 0 Å². The van der Waals surface area contributed by atoms with E-state index in [4.69, 9.17) is 18.9 Å². The van der Waals surface area contributed by atoms with Crippen molar-refractivity contribution in [3.63, 3.8) is 0 Å². The number of methoxy groups -OCH3 is 4. The SMILES string of the molecule is CCC(C)[C@@H](C(CC(=O)N1CCC[C@H]1[C@H](OC)[C@@H](C)C(=O)N[C@@H](Cc1ccccc1)C(=O)O)OC)N(C)C(=O)[C@@H](NC(=O)[C@H](C(C)C)N(C)C(=O)CCN(C(=O)CCN1C(=O)C=CC1=O)N(CCC(=O)N(C)[C@H](C(=O)N[C@H](C(=O)N(C)[C@@H](C(C)CC)C(CC(=O)N1CCC[C@H]1[C@H](OC)[C@@H](C)C(=O)N[C@@H](Cc1ccccc1)C(=O)O)OC)C(C)C)C(C)C)C(=O)CCN1C(=O)C=CC1=O)C(C)C. The van der Waals surface area contributed by atoms with Crippen molar-refractivity contribution < 1.29 is 115 Å². The monoisotopic (exact) mass is 1910 g/mol. The van der Waals surface area contributed by atoms with E-state index in [1.165, 1.54) is 52.3 Å². The van der Waals surface area contributed by atoms with Gasteiger partial charge in [-0.1, -0.05) is 170 Å². The quantitative estimate of drug-likeness (QED) is 0.0386. The van der Waals surface area contributed by atoms with Gasteiger partial charge in [-0.15, -0.1) is 0 Å². The van der Waals surface area contributed by atoms with Gasteiger partial charge in [0.1, 0.15) is 36.3 Å². The maximum Gasteiger partial charge on any atom is 0.326 e. The zero-order valence-corrected chi connectivity index (χ0v) is 83.3. The third kappa shape index (κ3) is 29.8. The summed E-state index contributed by atoms with van der Waals surface area (Å²) in [6.07, 6.45) is 0.453.